The van der Waals surface area contributed by atoms with Crippen molar-refractivity contribution in [2.24, 2.45) is 5.84 Å². The number of hydrogen-bond donors (Lipinski definition) is 2. The van der Waals surface area contributed by atoms with Crippen LogP contribution < -0.4 is 16.0 Å². The van der Waals surface area contributed by atoms with Gasteiger partial charge in [0, 0.05) is 23.2 Å². The zero-order chi connectivity index (χ0) is 13.7. The highest BCUT2D eigenvalue weighted by molar-refractivity contribution is 7.16. The smallest absolute Gasteiger partial charge is 0.212 e. The van der Waals surface area contributed by atoms with E-state index in [0.717, 1.165) is 22.7 Å². The second-order valence-electron chi connectivity index (χ2n) is 4.19. The molecule has 102 valence electrons. The van der Waals surface area contributed by atoms with Gasteiger partial charge in [0.25, 0.3) is 0 Å². The summed E-state index contributed by atoms with van der Waals surface area (Å²) in [6.07, 6.45) is 3.47. The van der Waals surface area contributed by atoms with Crippen LogP contribution in [0.3, 0.4) is 0 Å². The monoisotopic (exact) mass is 297 g/mol. The van der Waals surface area contributed by atoms with Gasteiger partial charge in [0.2, 0.25) is 5.88 Å². The van der Waals surface area contributed by atoms with Crippen LogP contribution in [0.15, 0.2) is 30.5 Å². The first-order valence-corrected chi connectivity index (χ1v) is 7.10. The maximum Gasteiger partial charge on any atom is 0.212 e. The Labute approximate surface area is 121 Å². The summed E-state index contributed by atoms with van der Waals surface area (Å²) in [7, 11) is 1.60. The molecule has 0 aliphatic rings. The van der Waals surface area contributed by atoms with Crippen LogP contribution in [0.2, 0.25) is 4.34 Å². The molecule has 0 radical (unpaired) electrons. The van der Waals surface area contributed by atoms with Crippen molar-refractivity contribution in [1.29, 1.82) is 0 Å². The van der Waals surface area contributed by atoms with Gasteiger partial charge >= 0.3 is 0 Å². The Morgan fingerprint density at radius 1 is 1.37 bits per heavy atom. The summed E-state index contributed by atoms with van der Waals surface area (Å²) in [5.41, 5.74) is 3.96. The van der Waals surface area contributed by atoms with Crippen LogP contribution >= 0.6 is 22.9 Å². The summed E-state index contributed by atoms with van der Waals surface area (Å²) < 4.78 is 5.84. The SMILES string of the molecule is COc1ccc(CC(Cc2ccc(Cl)s2)NN)cn1. The number of aromatic nitrogens is 1. The van der Waals surface area contributed by atoms with Crippen LogP contribution in [0.1, 0.15) is 10.4 Å². The minimum Gasteiger partial charge on any atom is -0.481 e. The van der Waals surface area contributed by atoms with E-state index in [4.69, 9.17) is 22.2 Å². The number of nitrogens with two attached hydrogens (primary N) is 1. The Hall–Kier alpha value is -1.14. The number of hydrazine groups is 1. The van der Waals surface area contributed by atoms with Gasteiger partial charge < -0.3 is 4.74 Å². The van der Waals surface area contributed by atoms with Crippen LogP contribution in [-0.4, -0.2) is 18.1 Å². The molecular formula is C13H16ClN3OS. The quantitative estimate of drug-likeness (QED) is 0.635. The Balaban J connectivity index is 1.97. The predicted octanol–water partition coefficient (Wildman–Crippen LogP) is 2.42. The van der Waals surface area contributed by atoms with Crippen LogP contribution in [0.25, 0.3) is 0 Å². The van der Waals surface area contributed by atoms with Crippen LogP contribution in [0, 0.1) is 0 Å². The molecule has 3 N–H and O–H groups in total. The van der Waals surface area contributed by atoms with Gasteiger partial charge in [0.1, 0.15) is 0 Å². The number of ether oxygens (including phenoxy) is 1. The second kappa shape index (κ2) is 6.86. The van der Waals surface area contributed by atoms with Gasteiger partial charge in [-0.2, -0.15) is 0 Å². The number of rotatable bonds is 6. The molecule has 0 bridgehead atoms. The van der Waals surface area contributed by atoms with Crippen molar-refractivity contribution in [3.8, 4) is 5.88 Å². The van der Waals surface area contributed by atoms with E-state index in [2.05, 4.69) is 10.4 Å². The van der Waals surface area contributed by atoms with Crippen molar-refractivity contribution >= 4 is 22.9 Å². The molecule has 2 aromatic heterocycles. The Morgan fingerprint density at radius 3 is 2.74 bits per heavy atom. The van der Waals surface area contributed by atoms with Crippen molar-refractivity contribution in [2.45, 2.75) is 18.9 Å². The van der Waals surface area contributed by atoms with E-state index < -0.39 is 0 Å². The first-order chi connectivity index (χ1) is 9.21. The highest BCUT2D eigenvalue weighted by Crippen LogP contribution is 2.23. The van der Waals surface area contributed by atoms with E-state index in [1.54, 1.807) is 18.4 Å². The molecule has 19 heavy (non-hydrogen) atoms. The van der Waals surface area contributed by atoms with Crippen LogP contribution in [0.5, 0.6) is 5.88 Å². The van der Waals surface area contributed by atoms with Gasteiger partial charge in [-0.15, -0.1) is 11.3 Å². The van der Waals surface area contributed by atoms with Crippen molar-refractivity contribution in [3.05, 3.63) is 45.2 Å². The fraction of sp³-hybridized carbons (Fsp3) is 0.308. The standard InChI is InChI=1S/C13H16ClN3OS/c1-18-13-5-2-9(8-16-13)6-10(17-15)7-11-3-4-12(14)19-11/h2-5,8,10,17H,6-7,15H2,1H3. The lowest BCUT2D eigenvalue weighted by Crippen LogP contribution is -2.38. The molecule has 0 fully saturated rings. The van der Waals surface area contributed by atoms with Crippen molar-refractivity contribution in [3.63, 3.8) is 0 Å². The molecule has 4 nitrogen and oxygen atoms in total. The highest BCUT2D eigenvalue weighted by Gasteiger charge is 2.11. The van der Waals surface area contributed by atoms with Gasteiger partial charge in [0.15, 0.2) is 0 Å². The van der Waals surface area contributed by atoms with Crippen molar-refractivity contribution in [1.82, 2.24) is 10.4 Å². The third-order valence-electron chi connectivity index (χ3n) is 2.80. The number of nitrogens with one attached hydrogen (secondary N) is 1. The molecule has 0 aromatic carbocycles. The van der Waals surface area contributed by atoms with E-state index in [1.165, 1.54) is 4.88 Å². The normalized spacial score (nSPS) is 12.4. The molecule has 0 saturated heterocycles. The maximum absolute atomic E-state index is 5.92. The van der Waals surface area contributed by atoms with Crippen molar-refractivity contribution < 1.29 is 4.74 Å². The molecule has 1 atom stereocenters. The topological polar surface area (TPSA) is 60.2 Å². The van der Waals surface area contributed by atoms with Gasteiger partial charge in [0.05, 0.1) is 11.4 Å². The van der Waals surface area contributed by atoms with E-state index in [0.29, 0.717) is 5.88 Å². The number of nitrogens with zero attached hydrogens (tertiary/aromatic N) is 1. The molecule has 0 aliphatic heterocycles. The fourth-order valence-corrected chi connectivity index (χ4v) is 3.00. The molecule has 0 amide bonds. The minimum absolute atomic E-state index is 0.157. The first-order valence-electron chi connectivity index (χ1n) is 5.90. The summed E-state index contributed by atoms with van der Waals surface area (Å²) in [6, 6.07) is 7.95. The van der Waals surface area contributed by atoms with Gasteiger partial charge in [-0.25, -0.2) is 4.98 Å². The average molecular weight is 298 g/mol. The maximum atomic E-state index is 5.92. The summed E-state index contributed by atoms with van der Waals surface area (Å²) >= 11 is 7.51. The molecule has 0 spiro atoms. The lowest BCUT2D eigenvalue weighted by Gasteiger charge is -2.14. The largest absolute Gasteiger partial charge is 0.481 e. The second-order valence-corrected chi connectivity index (χ2v) is 5.99. The lowest BCUT2D eigenvalue weighted by atomic mass is 10.0. The predicted molar refractivity (Wildman–Crippen MR) is 78.6 cm³/mol. The zero-order valence-corrected chi connectivity index (χ0v) is 12.2. The number of halogens is 1. The van der Waals surface area contributed by atoms with Gasteiger partial charge in [-0.3, -0.25) is 11.3 Å². The molecule has 0 aliphatic carbocycles. The third kappa shape index (κ3) is 4.18. The summed E-state index contributed by atoms with van der Waals surface area (Å²) in [4.78, 5) is 5.40. The third-order valence-corrected chi connectivity index (χ3v) is 4.05. The Bertz CT molecular complexity index is 515. The number of methoxy groups -OCH3 is 1. The van der Waals surface area contributed by atoms with Crippen LogP contribution in [0.4, 0.5) is 0 Å². The number of thiophene rings is 1. The molecule has 2 heterocycles. The fourth-order valence-electron chi connectivity index (χ4n) is 1.83. The summed E-state index contributed by atoms with van der Waals surface area (Å²) in [5.74, 6) is 6.22. The molecular weight excluding hydrogens is 282 g/mol. The minimum atomic E-state index is 0.157. The average Bonchev–Trinajstić information content (AvgIpc) is 2.84. The molecule has 6 heteroatoms. The molecule has 0 saturated carbocycles. The number of pyridine rings is 1. The summed E-state index contributed by atoms with van der Waals surface area (Å²) in [6.45, 7) is 0. The van der Waals surface area contributed by atoms with E-state index in [9.17, 15) is 0 Å². The lowest BCUT2D eigenvalue weighted by molar-refractivity contribution is 0.397. The van der Waals surface area contributed by atoms with Crippen LogP contribution in [-0.2, 0) is 12.8 Å². The van der Waals surface area contributed by atoms with E-state index in [-0.39, 0.29) is 6.04 Å². The molecule has 2 aromatic rings. The van der Waals surface area contributed by atoms with Gasteiger partial charge in [-0.05, 0) is 30.5 Å². The number of hydrogen-bond acceptors (Lipinski definition) is 5. The Morgan fingerprint density at radius 2 is 2.21 bits per heavy atom. The summed E-state index contributed by atoms with van der Waals surface area (Å²) in [5, 5.41) is 0. The first kappa shape index (κ1) is 14.3. The Kier molecular flexibility index (Phi) is 5.15. The molecule has 1 unspecified atom stereocenters. The van der Waals surface area contributed by atoms with Crippen molar-refractivity contribution in [2.75, 3.05) is 7.11 Å². The van der Waals surface area contributed by atoms with E-state index in [1.807, 2.05) is 30.5 Å². The zero-order valence-electron chi connectivity index (χ0n) is 10.6. The molecule has 2 rings (SSSR count). The van der Waals surface area contributed by atoms with E-state index >= 15 is 0 Å². The van der Waals surface area contributed by atoms with Gasteiger partial charge in [-0.1, -0.05) is 17.7 Å². The highest BCUT2D eigenvalue weighted by atomic mass is 35.5.